The van der Waals surface area contributed by atoms with Gasteiger partial charge in [-0.2, -0.15) is 0 Å². The maximum atomic E-state index is 10.1. The summed E-state index contributed by atoms with van der Waals surface area (Å²) < 4.78 is 28.2. The molecular formula is C25H25NO6. The predicted molar refractivity (Wildman–Crippen MR) is 122 cm³/mol. The molecule has 0 saturated carbocycles. The number of furan rings is 1. The number of aromatic nitrogens is 1. The van der Waals surface area contributed by atoms with Gasteiger partial charge >= 0.3 is 0 Å². The molecule has 32 heavy (non-hydrogen) atoms. The maximum Gasteiger partial charge on any atom is 0.203 e. The number of pyridine rings is 1. The van der Waals surface area contributed by atoms with Gasteiger partial charge in [-0.05, 0) is 42.8 Å². The van der Waals surface area contributed by atoms with E-state index in [0.717, 1.165) is 22.3 Å². The van der Waals surface area contributed by atoms with Crippen molar-refractivity contribution in [3.63, 3.8) is 0 Å². The summed E-state index contributed by atoms with van der Waals surface area (Å²) in [4.78, 5) is 4.47. The van der Waals surface area contributed by atoms with Crippen LogP contribution < -0.4 is 18.9 Å². The van der Waals surface area contributed by atoms with Gasteiger partial charge in [0.15, 0.2) is 17.1 Å². The van der Waals surface area contributed by atoms with E-state index >= 15 is 0 Å². The molecule has 2 aromatic heterocycles. The van der Waals surface area contributed by atoms with E-state index < -0.39 is 6.10 Å². The normalized spacial score (nSPS) is 11.9. The second kappa shape index (κ2) is 8.80. The fourth-order valence-corrected chi connectivity index (χ4v) is 3.71. The van der Waals surface area contributed by atoms with Crippen molar-refractivity contribution >= 4 is 11.1 Å². The standard InChI is InChI=1S/C25H25NO6/c1-14(27)15-6-7-20(28-2)18(10-15)17-8-9-26-19-13-21(32-24(17)19)16-11-22(29-3)25(31-5)23(12-16)30-4/h6-14,27H,1-5H3. The van der Waals surface area contributed by atoms with Crippen LogP contribution in [0.15, 0.2) is 53.1 Å². The molecule has 0 spiro atoms. The van der Waals surface area contributed by atoms with E-state index in [4.69, 9.17) is 23.4 Å². The van der Waals surface area contributed by atoms with Crippen LogP contribution in [0.1, 0.15) is 18.6 Å². The van der Waals surface area contributed by atoms with Crippen molar-refractivity contribution in [2.24, 2.45) is 0 Å². The molecule has 7 nitrogen and oxygen atoms in total. The summed E-state index contributed by atoms with van der Waals surface area (Å²) in [6.07, 6.45) is 1.11. The van der Waals surface area contributed by atoms with E-state index in [1.54, 1.807) is 41.6 Å². The van der Waals surface area contributed by atoms with Crippen molar-refractivity contribution in [1.29, 1.82) is 0 Å². The number of aliphatic hydroxyl groups excluding tert-OH is 1. The number of hydrogen-bond donors (Lipinski definition) is 1. The molecule has 166 valence electrons. The van der Waals surface area contributed by atoms with Crippen molar-refractivity contribution in [3.8, 4) is 45.4 Å². The summed E-state index contributed by atoms with van der Waals surface area (Å²) >= 11 is 0. The molecule has 1 unspecified atom stereocenters. The van der Waals surface area contributed by atoms with Crippen LogP contribution in [0.5, 0.6) is 23.0 Å². The number of hydrogen-bond acceptors (Lipinski definition) is 7. The van der Waals surface area contributed by atoms with Crippen molar-refractivity contribution in [2.75, 3.05) is 28.4 Å². The van der Waals surface area contributed by atoms with Crippen LogP contribution in [-0.4, -0.2) is 38.5 Å². The Morgan fingerprint density at radius 3 is 2.09 bits per heavy atom. The van der Waals surface area contributed by atoms with Gasteiger partial charge in [-0.15, -0.1) is 0 Å². The van der Waals surface area contributed by atoms with Crippen molar-refractivity contribution in [1.82, 2.24) is 4.98 Å². The summed E-state index contributed by atoms with van der Waals surface area (Å²) in [6, 6.07) is 13.0. The lowest BCUT2D eigenvalue weighted by Gasteiger charge is -2.13. The molecule has 0 aliphatic heterocycles. The largest absolute Gasteiger partial charge is 0.496 e. The minimum absolute atomic E-state index is 0.508. The van der Waals surface area contributed by atoms with E-state index in [2.05, 4.69) is 4.98 Å². The number of benzene rings is 2. The molecule has 0 amide bonds. The highest BCUT2D eigenvalue weighted by Gasteiger charge is 2.19. The van der Waals surface area contributed by atoms with E-state index in [0.29, 0.717) is 39.9 Å². The lowest BCUT2D eigenvalue weighted by Crippen LogP contribution is -1.95. The van der Waals surface area contributed by atoms with Crippen molar-refractivity contribution < 1.29 is 28.5 Å². The highest BCUT2D eigenvalue weighted by atomic mass is 16.5. The second-order valence-electron chi connectivity index (χ2n) is 7.23. The fraction of sp³-hybridized carbons (Fsp3) is 0.240. The molecule has 4 rings (SSSR count). The molecular weight excluding hydrogens is 410 g/mol. The van der Waals surface area contributed by atoms with Crippen molar-refractivity contribution in [2.45, 2.75) is 13.0 Å². The minimum Gasteiger partial charge on any atom is -0.496 e. The smallest absolute Gasteiger partial charge is 0.203 e. The second-order valence-corrected chi connectivity index (χ2v) is 7.23. The van der Waals surface area contributed by atoms with Crippen LogP contribution in [0.4, 0.5) is 0 Å². The number of ether oxygens (including phenoxy) is 4. The number of methoxy groups -OCH3 is 4. The Kier molecular flexibility index (Phi) is 5.92. The summed E-state index contributed by atoms with van der Waals surface area (Å²) in [7, 11) is 6.32. The third-order valence-corrected chi connectivity index (χ3v) is 5.36. The van der Waals surface area contributed by atoms with Crippen LogP contribution in [0.2, 0.25) is 0 Å². The molecule has 7 heteroatoms. The first kappa shape index (κ1) is 21.5. The zero-order chi connectivity index (χ0) is 22.8. The average molecular weight is 435 g/mol. The van der Waals surface area contributed by atoms with Crippen LogP contribution in [-0.2, 0) is 0 Å². The molecule has 0 fully saturated rings. The average Bonchev–Trinajstić information content (AvgIpc) is 3.27. The van der Waals surface area contributed by atoms with E-state index in [1.165, 1.54) is 0 Å². The first-order valence-corrected chi connectivity index (χ1v) is 10.1. The Morgan fingerprint density at radius 2 is 1.50 bits per heavy atom. The first-order chi connectivity index (χ1) is 15.5. The molecule has 0 aliphatic carbocycles. The van der Waals surface area contributed by atoms with Gasteiger partial charge in [-0.1, -0.05) is 6.07 Å². The highest BCUT2D eigenvalue weighted by Crippen LogP contribution is 2.43. The summed E-state index contributed by atoms with van der Waals surface area (Å²) in [5, 5.41) is 10.1. The zero-order valence-electron chi connectivity index (χ0n) is 18.6. The Bertz CT molecular complexity index is 1240. The Hall–Kier alpha value is -3.71. The fourth-order valence-electron chi connectivity index (χ4n) is 3.71. The molecule has 1 N–H and O–H groups in total. The van der Waals surface area contributed by atoms with Crippen LogP contribution in [0.3, 0.4) is 0 Å². The van der Waals surface area contributed by atoms with Gasteiger partial charge in [-0.25, -0.2) is 0 Å². The SMILES string of the molecule is COc1ccc(C(C)O)cc1-c1ccnc2cc(-c3cc(OC)c(OC)c(OC)c3)oc12. The van der Waals surface area contributed by atoms with Gasteiger partial charge in [-0.3, -0.25) is 4.98 Å². The molecule has 0 aliphatic rings. The lowest BCUT2D eigenvalue weighted by molar-refractivity contribution is 0.199. The number of nitrogens with zero attached hydrogens (tertiary/aromatic N) is 1. The molecule has 0 bridgehead atoms. The Balaban J connectivity index is 1.90. The van der Waals surface area contributed by atoms with Crippen molar-refractivity contribution in [3.05, 3.63) is 54.2 Å². The third-order valence-electron chi connectivity index (χ3n) is 5.36. The minimum atomic E-state index is -0.608. The number of aliphatic hydroxyl groups is 1. The van der Waals surface area contributed by atoms with Crippen LogP contribution in [0.25, 0.3) is 33.6 Å². The monoisotopic (exact) mass is 435 g/mol. The van der Waals surface area contributed by atoms with E-state index in [-0.39, 0.29) is 0 Å². The molecule has 4 aromatic rings. The predicted octanol–water partition coefficient (Wildman–Crippen LogP) is 5.25. The highest BCUT2D eigenvalue weighted by molar-refractivity contribution is 5.94. The number of fused-ring (bicyclic) bond motifs is 1. The van der Waals surface area contributed by atoms with E-state index in [9.17, 15) is 5.11 Å². The van der Waals surface area contributed by atoms with Gasteiger partial charge in [0.2, 0.25) is 5.75 Å². The molecule has 0 radical (unpaired) electrons. The molecule has 2 heterocycles. The summed E-state index contributed by atoms with van der Waals surface area (Å²) in [5.74, 6) is 2.84. The Morgan fingerprint density at radius 1 is 0.812 bits per heavy atom. The van der Waals surface area contributed by atoms with Gasteiger partial charge in [0.25, 0.3) is 0 Å². The molecule has 0 saturated heterocycles. The van der Waals surface area contributed by atoms with E-state index in [1.807, 2.05) is 42.5 Å². The number of rotatable bonds is 7. The van der Waals surface area contributed by atoms with Gasteiger partial charge in [0.1, 0.15) is 17.0 Å². The first-order valence-electron chi connectivity index (χ1n) is 10.1. The zero-order valence-corrected chi connectivity index (χ0v) is 18.6. The lowest BCUT2D eigenvalue weighted by atomic mass is 10.00. The van der Waals surface area contributed by atoms with Crippen LogP contribution in [0, 0.1) is 0 Å². The Labute approximate surface area is 186 Å². The van der Waals surface area contributed by atoms with Crippen LogP contribution >= 0.6 is 0 Å². The quantitative estimate of drug-likeness (QED) is 0.424. The van der Waals surface area contributed by atoms with Gasteiger partial charge in [0.05, 0.1) is 34.5 Å². The van der Waals surface area contributed by atoms with Gasteiger partial charge < -0.3 is 28.5 Å². The molecule has 2 aromatic carbocycles. The topological polar surface area (TPSA) is 83.2 Å². The van der Waals surface area contributed by atoms with Gasteiger partial charge in [0, 0.05) is 29.0 Å². The maximum absolute atomic E-state index is 10.1. The third kappa shape index (κ3) is 3.71. The summed E-state index contributed by atoms with van der Waals surface area (Å²) in [5.41, 5.74) is 4.46. The molecule has 1 atom stereocenters. The summed E-state index contributed by atoms with van der Waals surface area (Å²) in [6.45, 7) is 1.73.